The maximum absolute atomic E-state index is 12.4. The van der Waals surface area contributed by atoms with E-state index in [9.17, 15) is 8.42 Å². The third-order valence-electron chi connectivity index (χ3n) is 4.15. The minimum absolute atomic E-state index is 0.0503. The van der Waals surface area contributed by atoms with E-state index in [-0.39, 0.29) is 5.75 Å². The number of sulfonamides is 1. The van der Waals surface area contributed by atoms with Gasteiger partial charge in [0.1, 0.15) is 0 Å². The third kappa shape index (κ3) is 6.47. The van der Waals surface area contributed by atoms with Crippen LogP contribution in [0.5, 0.6) is 11.5 Å². The number of nitrogens with zero attached hydrogens (tertiary/aromatic N) is 2. The number of guanidine groups is 1. The predicted molar refractivity (Wildman–Crippen MR) is 110 cm³/mol. The minimum atomic E-state index is -3.23. The molecule has 27 heavy (non-hydrogen) atoms. The molecular formula is C17H28N4O4S2. The molecule has 0 bridgehead atoms. The normalized spacial score (nSPS) is 16.0. The van der Waals surface area contributed by atoms with Crippen LogP contribution >= 0.6 is 11.8 Å². The van der Waals surface area contributed by atoms with Crippen LogP contribution in [0, 0.1) is 0 Å². The fraction of sp³-hybridized carbons (Fsp3) is 0.588. The summed E-state index contributed by atoms with van der Waals surface area (Å²) in [6.45, 7) is 2.02. The summed E-state index contributed by atoms with van der Waals surface area (Å²) in [5.41, 5.74) is 0.994. The number of aliphatic imine (C=N–C) groups is 1. The van der Waals surface area contributed by atoms with Crippen molar-refractivity contribution in [1.82, 2.24) is 14.9 Å². The first-order valence-corrected chi connectivity index (χ1v) is 11.5. The second-order valence-electron chi connectivity index (χ2n) is 5.87. The van der Waals surface area contributed by atoms with Crippen molar-refractivity contribution < 1.29 is 17.9 Å². The van der Waals surface area contributed by atoms with Gasteiger partial charge < -0.3 is 20.1 Å². The molecule has 2 rings (SSSR count). The van der Waals surface area contributed by atoms with Crippen molar-refractivity contribution in [2.75, 3.05) is 58.2 Å². The van der Waals surface area contributed by atoms with E-state index >= 15 is 0 Å². The molecule has 0 unspecified atom stereocenters. The first-order valence-electron chi connectivity index (χ1n) is 8.71. The predicted octanol–water partition coefficient (Wildman–Crippen LogP) is 0.747. The summed E-state index contributed by atoms with van der Waals surface area (Å²) in [4.78, 5) is 4.14. The maximum Gasteiger partial charge on any atom is 0.215 e. The summed E-state index contributed by atoms with van der Waals surface area (Å²) >= 11 is 1.79. The van der Waals surface area contributed by atoms with E-state index in [4.69, 9.17) is 9.47 Å². The van der Waals surface area contributed by atoms with Crippen LogP contribution in [0.25, 0.3) is 0 Å². The molecule has 1 heterocycles. The van der Waals surface area contributed by atoms with E-state index in [0.717, 1.165) is 17.1 Å². The Labute approximate surface area is 165 Å². The standard InChI is InChI=1S/C17H28N4O4S2/c1-18-17(19-6-11-27(22,23)21-7-9-26-10-8-21)20-13-14-4-5-15(24-2)16(12-14)25-3/h4-5,12H,6-11,13H2,1-3H3,(H2,18,19,20). The van der Waals surface area contributed by atoms with Gasteiger partial charge in [-0.05, 0) is 17.7 Å². The van der Waals surface area contributed by atoms with Crippen molar-refractivity contribution >= 4 is 27.7 Å². The van der Waals surface area contributed by atoms with Crippen LogP contribution in [-0.2, 0) is 16.6 Å². The molecule has 1 aliphatic heterocycles. The fourth-order valence-corrected chi connectivity index (χ4v) is 5.14. The second kappa shape index (κ2) is 10.6. The Kier molecular flexibility index (Phi) is 8.52. The molecule has 152 valence electrons. The van der Waals surface area contributed by atoms with Gasteiger partial charge in [0.25, 0.3) is 0 Å². The van der Waals surface area contributed by atoms with Gasteiger partial charge in [0.15, 0.2) is 17.5 Å². The molecule has 0 radical (unpaired) electrons. The molecule has 1 aromatic carbocycles. The Balaban J connectivity index is 1.82. The van der Waals surface area contributed by atoms with Crippen LogP contribution in [-0.4, -0.2) is 76.8 Å². The highest BCUT2D eigenvalue weighted by atomic mass is 32.2. The van der Waals surface area contributed by atoms with Crippen LogP contribution in [0.3, 0.4) is 0 Å². The molecule has 0 aromatic heterocycles. The Hall–Kier alpha value is -1.65. The van der Waals surface area contributed by atoms with E-state index in [0.29, 0.717) is 43.6 Å². The van der Waals surface area contributed by atoms with Crippen molar-refractivity contribution in [3.05, 3.63) is 23.8 Å². The van der Waals surface area contributed by atoms with Crippen LogP contribution in [0.2, 0.25) is 0 Å². The van der Waals surface area contributed by atoms with Gasteiger partial charge in [-0.1, -0.05) is 6.07 Å². The molecule has 10 heteroatoms. The molecule has 0 atom stereocenters. The van der Waals surface area contributed by atoms with E-state index in [1.807, 2.05) is 18.2 Å². The monoisotopic (exact) mass is 416 g/mol. The van der Waals surface area contributed by atoms with Crippen molar-refractivity contribution in [2.24, 2.45) is 4.99 Å². The van der Waals surface area contributed by atoms with Crippen LogP contribution in [0.1, 0.15) is 5.56 Å². The minimum Gasteiger partial charge on any atom is -0.493 e. The van der Waals surface area contributed by atoms with Gasteiger partial charge in [-0.3, -0.25) is 4.99 Å². The lowest BCUT2D eigenvalue weighted by atomic mass is 10.2. The SMILES string of the molecule is CN=C(NCCS(=O)(=O)N1CCSCC1)NCc1ccc(OC)c(OC)c1. The van der Waals surface area contributed by atoms with Gasteiger partial charge in [-0.25, -0.2) is 12.7 Å². The highest BCUT2D eigenvalue weighted by Crippen LogP contribution is 2.27. The van der Waals surface area contributed by atoms with Crippen molar-refractivity contribution in [3.63, 3.8) is 0 Å². The number of nitrogens with one attached hydrogen (secondary N) is 2. The summed E-state index contributed by atoms with van der Waals surface area (Å²) in [6, 6.07) is 5.66. The number of thioether (sulfide) groups is 1. The molecule has 0 saturated carbocycles. The summed E-state index contributed by atoms with van der Waals surface area (Å²) in [5.74, 6) is 3.65. The topological polar surface area (TPSA) is 92.3 Å². The first-order chi connectivity index (χ1) is 13.0. The zero-order valence-corrected chi connectivity index (χ0v) is 17.7. The Morgan fingerprint density at radius 2 is 1.89 bits per heavy atom. The van der Waals surface area contributed by atoms with Crippen LogP contribution in [0.15, 0.2) is 23.2 Å². The average molecular weight is 417 g/mol. The third-order valence-corrected chi connectivity index (χ3v) is 6.96. The van der Waals surface area contributed by atoms with Gasteiger partial charge in [0.2, 0.25) is 10.0 Å². The zero-order chi connectivity index (χ0) is 19.7. The van der Waals surface area contributed by atoms with Crippen molar-refractivity contribution in [1.29, 1.82) is 0 Å². The number of hydrogen-bond acceptors (Lipinski definition) is 6. The molecular weight excluding hydrogens is 388 g/mol. The zero-order valence-electron chi connectivity index (χ0n) is 16.0. The second-order valence-corrected chi connectivity index (χ2v) is 9.18. The fourth-order valence-electron chi connectivity index (χ4n) is 2.65. The van der Waals surface area contributed by atoms with Crippen molar-refractivity contribution in [3.8, 4) is 11.5 Å². The molecule has 1 saturated heterocycles. The Bertz CT molecular complexity index is 734. The number of hydrogen-bond donors (Lipinski definition) is 2. The number of methoxy groups -OCH3 is 2. The van der Waals surface area contributed by atoms with E-state index in [2.05, 4.69) is 15.6 Å². The smallest absolute Gasteiger partial charge is 0.215 e. The highest BCUT2D eigenvalue weighted by molar-refractivity contribution is 7.99. The van der Waals surface area contributed by atoms with E-state index in [1.54, 1.807) is 37.3 Å². The quantitative estimate of drug-likeness (QED) is 0.477. The largest absolute Gasteiger partial charge is 0.493 e. The van der Waals surface area contributed by atoms with Crippen LogP contribution in [0.4, 0.5) is 0 Å². The molecule has 1 aliphatic rings. The van der Waals surface area contributed by atoms with Gasteiger partial charge in [-0.15, -0.1) is 0 Å². The Morgan fingerprint density at radius 3 is 2.52 bits per heavy atom. The lowest BCUT2D eigenvalue weighted by Crippen LogP contribution is -2.44. The van der Waals surface area contributed by atoms with Crippen LogP contribution < -0.4 is 20.1 Å². The summed E-state index contributed by atoms with van der Waals surface area (Å²) in [6.07, 6.45) is 0. The number of benzene rings is 1. The number of ether oxygens (including phenoxy) is 2. The van der Waals surface area contributed by atoms with Gasteiger partial charge >= 0.3 is 0 Å². The lowest BCUT2D eigenvalue weighted by molar-refractivity contribution is 0.354. The summed E-state index contributed by atoms with van der Waals surface area (Å²) in [7, 11) is 1.62. The summed E-state index contributed by atoms with van der Waals surface area (Å²) in [5, 5.41) is 6.23. The van der Waals surface area contributed by atoms with E-state index < -0.39 is 10.0 Å². The molecule has 0 aliphatic carbocycles. The maximum atomic E-state index is 12.4. The first kappa shape index (κ1) is 21.6. The van der Waals surface area contributed by atoms with Gasteiger partial charge in [0.05, 0.1) is 20.0 Å². The van der Waals surface area contributed by atoms with Gasteiger partial charge in [-0.2, -0.15) is 11.8 Å². The highest BCUT2D eigenvalue weighted by Gasteiger charge is 2.23. The average Bonchev–Trinajstić information content (AvgIpc) is 2.70. The molecule has 1 aromatic rings. The van der Waals surface area contributed by atoms with Crippen molar-refractivity contribution in [2.45, 2.75) is 6.54 Å². The molecule has 1 fully saturated rings. The van der Waals surface area contributed by atoms with E-state index in [1.165, 1.54) is 0 Å². The molecule has 0 spiro atoms. The molecule has 2 N–H and O–H groups in total. The summed E-state index contributed by atoms with van der Waals surface area (Å²) < 4.78 is 36.8. The number of rotatable bonds is 8. The van der Waals surface area contributed by atoms with Gasteiger partial charge in [0, 0.05) is 44.7 Å². The lowest BCUT2D eigenvalue weighted by Gasteiger charge is -2.25. The molecule has 0 amide bonds. The molecule has 8 nitrogen and oxygen atoms in total. The Morgan fingerprint density at radius 1 is 1.19 bits per heavy atom.